The normalized spacial score (nSPS) is 12.0. The van der Waals surface area contributed by atoms with Crippen LogP contribution < -0.4 is 5.32 Å². The minimum absolute atomic E-state index is 0.126. The van der Waals surface area contributed by atoms with Crippen LogP contribution in [0.4, 0.5) is 0 Å². The first-order chi connectivity index (χ1) is 11.1. The lowest BCUT2D eigenvalue weighted by Gasteiger charge is -2.13. The molecule has 0 fully saturated rings. The Balaban J connectivity index is 1.71. The summed E-state index contributed by atoms with van der Waals surface area (Å²) in [6.45, 7) is 0.126. The average Bonchev–Trinajstić information content (AvgIpc) is 2.59. The van der Waals surface area contributed by atoms with Crippen LogP contribution in [0.1, 0.15) is 22.0 Å². The van der Waals surface area contributed by atoms with E-state index in [9.17, 15) is 9.90 Å². The van der Waals surface area contributed by atoms with E-state index in [0.717, 1.165) is 16.3 Å². The first-order valence-electron chi connectivity index (χ1n) is 7.28. The molecule has 4 nitrogen and oxygen atoms in total. The molecule has 0 aliphatic carbocycles. The summed E-state index contributed by atoms with van der Waals surface area (Å²) >= 11 is 5.08. The fourth-order valence-electron chi connectivity index (χ4n) is 2.42. The van der Waals surface area contributed by atoms with Crippen molar-refractivity contribution in [2.75, 3.05) is 6.54 Å². The van der Waals surface area contributed by atoms with Crippen LogP contribution >= 0.6 is 12.2 Å². The zero-order valence-corrected chi connectivity index (χ0v) is 13.1. The number of aromatic nitrogens is 1. The molecule has 0 radical (unpaired) electrons. The Morgan fingerprint density at radius 1 is 1.13 bits per heavy atom. The van der Waals surface area contributed by atoms with Gasteiger partial charge in [-0.3, -0.25) is 4.79 Å². The Kier molecular flexibility index (Phi) is 4.50. The lowest BCUT2D eigenvalue weighted by molar-refractivity contribution is 0.0915. The van der Waals surface area contributed by atoms with Crippen LogP contribution in [-0.4, -0.2) is 22.5 Å². The van der Waals surface area contributed by atoms with Crippen molar-refractivity contribution in [3.63, 3.8) is 0 Å². The smallest absolute Gasteiger partial charge is 0.254 e. The van der Waals surface area contributed by atoms with Gasteiger partial charge in [0.15, 0.2) is 0 Å². The molecule has 0 spiro atoms. The number of nitrogens with one attached hydrogen (secondary N) is 2. The predicted octanol–water partition coefficient (Wildman–Crippen LogP) is 3.36. The van der Waals surface area contributed by atoms with Crippen LogP contribution in [0.25, 0.3) is 10.8 Å². The van der Waals surface area contributed by atoms with Gasteiger partial charge in [0.05, 0.1) is 11.7 Å². The zero-order valence-electron chi connectivity index (χ0n) is 12.3. The first-order valence-corrected chi connectivity index (χ1v) is 7.68. The summed E-state index contributed by atoms with van der Waals surface area (Å²) in [7, 11) is 0. The molecule has 3 rings (SSSR count). The molecule has 1 heterocycles. The number of H-pyrrole nitrogens is 1. The molecule has 0 saturated carbocycles. The summed E-state index contributed by atoms with van der Waals surface area (Å²) in [4.78, 5) is 14.9. The third-order valence-electron chi connectivity index (χ3n) is 3.68. The SMILES string of the molecule is O=C(NC[C@@H](O)c1ccc2ccccc2c1)c1ccc[nH]c1=S. The Morgan fingerprint density at radius 3 is 2.70 bits per heavy atom. The van der Waals surface area contributed by atoms with Gasteiger partial charge in [-0.1, -0.05) is 48.6 Å². The number of hydrogen-bond acceptors (Lipinski definition) is 3. The Labute approximate surface area is 138 Å². The van der Waals surface area contributed by atoms with E-state index in [2.05, 4.69) is 10.3 Å². The molecule has 2 aromatic carbocycles. The summed E-state index contributed by atoms with van der Waals surface area (Å²) in [5, 5.41) is 15.2. The third kappa shape index (κ3) is 3.47. The van der Waals surface area contributed by atoms with E-state index in [1.807, 2.05) is 42.5 Å². The average molecular weight is 324 g/mol. The molecule has 0 saturated heterocycles. The summed E-state index contributed by atoms with van der Waals surface area (Å²) in [5.41, 5.74) is 1.16. The molecule has 3 N–H and O–H groups in total. The minimum atomic E-state index is -0.773. The topological polar surface area (TPSA) is 65.1 Å². The molecule has 3 aromatic rings. The maximum absolute atomic E-state index is 12.1. The number of hydrogen-bond donors (Lipinski definition) is 3. The molecule has 116 valence electrons. The largest absolute Gasteiger partial charge is 0.387 e. The molecule has 1 amide bonds. The summed E-state index contributed by atoms with van der Waals surface area (Å²) in [5.74, 6) is -0.299. The van der Waals surface area contributed by atoms with E-state index in [1.165, 1.54) is 0 Å². The summed E-state index contributed by atoms with van der Waals surface area (Å²) < 4.78 is 0.380. The molecule has 0 bridgehead atoms. The number of carbonyl (C=O) groups is 1. The van der Waals surface area contributed by atoms with E-state index in [1.54, 1.807) is 18.3 Å². The first kappa shape index (κ1) is 15.4. The molecular formula is C18H16N2O2S. The molecule has 0 aliphatic rings. The Morgan fingerprint density at radius 2 is 1.91 bits per heavy atom. The Hall–Kier alpha value is -2.50. The van der Waals surface area contributed by atoms with E-state index in [-0.39, 0.29) is 12.5 Å². The predicted molar refractivity (Wildman–Crippen MR) is 92.9 cm³/mol. The molecule has 1 atom stereocenters. The number of carbonyl (C=O) groups excluding carboxylic acids is 1. The second-order valence-electron chi connectivity index (χ2n) is 5.25. The number of aromatic amines is 1. The number of amides is 1. The van der Waals surface area contributed by atoms with Crippen molar-refractivity contribution in [3.05, 3.63) is 76.6 Å². The second kappa shape index (κ2) is 6.73. The standard InChI is InChI=1S/C18H16N2O2S/c21-16(11-20-17(22)15-6-3-9-19-18(15)23)14-8-7-12-4-1-2-5-13(12)10-14/h1-10,16,21H,11H2,(H,19,23)(H,20,22)/t16-/m1/s1. The lowest BCUT2D eigenvalue weighted by atomic mass is 10.0. The maximum Gasteiger partial charge on any atom is 0.254 e. The van der Waals surface area contributed by atoms with Crippen molar-refractivity contribution in [1.82, 2.24) is 10.3 Å². The highest BCUT2D eigenvalue weighted by Crippen LogP contribution is 2.20. The van der Waals surface area contributed by atoms with Gasteiger partial charge in [-0.2, -0.15) is 0 Å². The molecule has 0 aliphatic heterocycles. The number of rotatable bonds is 4. The van der Waals surface area contributed by atoms with Crippen LogP contribution in [0.3, 0.4) is 0 Å². The molecular weight excluding hydrogens is 308 g/mol. The highest BCUT2D eigenvalue weighted by atomic mass is 32.1. The van der Waals surface area contributed by atoms with Crippen molar-refractivity contribution in [1.29, 1.82) is 0 Å². The summed E-state index contributed by atoms with van der Waals surface area (Å²) in [6.07, 6.45) is 0.896. The molecule has 1 aromatic heterocycles. The fraction of sp³-hybridized carbons (Fsp3) is 0.111. The van der Waals surface area contributed by atoms with Crippen LogP contribution in [0.15, 0.2) is 60.8 Å². The van der Waals surface area contributed by atoms with Crippen molar-refractivity contribution < 1.29 is 9.90 Å². The number of aliphatic hydroxyl groups is 1. The molecule has 5 heteroatoms. The van der Waals surface area contributed by atoms with E-state index in [0.29, 0.717) is 10.2 Å². The molecule has 0 unspecified atom stereocenters. The van der Waals surface area contributed by atoms with Gasteiger partial charge in [0.2, 0.25) is 0 Å². The quantitative estimate of drug-likeness (QED) is 0.645. The van der Waals surface area contributed by atoms with Crippen molar-refractivity contribution in [3.8, 4) is 0 Å². The summed E-state index contributed by atoms with van der Waals surface area (Å²) in [6, 6.07) is 17.1. The third-order valence-corrected chi connectivity index (χ3v) is 4.01. The van der Waals surface area contributed by atoms with Gasteiger partial charge in [-0.15, -0.1) is 0 Å². The van der Waals surface area contributed by atoms with Gasteiger partial charge in [0.25, 0.3) is 5.91 Å². The van der Waals surface area contributed by atoms with Gasteiger partial charge < -0.3 is 15.4 Å². The van der Waals surface area contributed by atoms with Crippen molar-refractivity contribution in [2.45, 2.75) is 6.10 Å². The van der Waals surface area contributed by atoms with Crippen molar-refractivity contribution >= 4 is 28.9 Å². The lowest BCUT2D eigenvalue weighted by Crippen LogP contribution is -2.28. The van der Waals surface area contributed by atoms with Crippen LogP contribution in [-0.2, 0) is 0 Å². The fourth-order valence-corrected chi connectivity index (χ4v) is 2.65. The van der Waals surface area contributed by atoms with E-state index in [4.69, 9.17) is 12.2 Å². The van der Waals surface area contributed by atoms with Crippen LogP contribution in [0.2, 0.25) is 0 Å². The van der Waals surface area contributed by atoms with Gasteiger partial charge in [-0.05, 0) is 34.5 Å². The number of aliphatic hydroxyl groups excluding tert-OH is 1. The monoisotopic (exact) mass is 324 g/mol. The zero-order chi connectivity index (χ0) is 16.2. The van der Waals surface area contributed by atoms with Crippen LogP contribution in [0, 0.1) is 4.64 Å². The number of benzene rings is 2. The van der Waals surface area contributed by atoms with E-state index >= 15 is 0 Å². The van der Waals surface area contributed by atoms with Crippen LogP contribution in [0.5, 0.6) is 0 Å². The van der Waals surface area contributed by atoms with Gasteiger partial charge in [-0.25, -0.2) is 0 Å². The highest BCUT2D eigenvalue weighted by Gasteiger charge is 2.12. The van der Waals surface area contributed by atoms with Gasteiger partial charge in [0, 0.05) is 12.7 Å². The minimum Gasteiger partial charge on any atom is -0.387 e. The van der Waals surface area contributed by atoms with E-state index < -0.39 is 6.10 Å². The second-order valence-corrected chi connectivity index (χ2v) is 5.65. The maximum atomic E-state index is 12.1. The van der Waals surface area contributed by atoms with Gasteiger partial charge in [0.1, 0.15) is 4.64 Å². The Bertz CT molecular complexity index is 904. The number of pyridine rings is 1. The highest BCUT2D eigenvalue weighted by molar-refractivity contribution is 7.71. The number of fused-ring (bicyclic) bond motifs is 1. The van der Waals surface area contributed by atoms with Crippen molar-refractivity contribution in [2.24, 2.45) is 0 Å². The van der Waals surface area contributed by atoms with Gasteiger partial charge >= 0.3 is 0 Å². The molecule has 23 heavy (non-hydrogen) atoms.